The van der Waals surface area contributed by atoms with Gasteiger partial charge < -0.3 is 19.4 Å². The maximum Gasteiger partial charge on any atom is 0.409 e. The first-order valence-corrected chi connectivity index (χ1v) is 8.21. The van der Waals surface area contributed by atoms with Crippen molar-refractivity contribution in [1.82, 2.24) is 4.90 Å². The average molecular weight is 305 g/mol. The van der Waals surface area contributed by atoms with Crippen molar-refractivity contribution >= 4 is 17.5 Å². The zero-order valence-corrected chi connectivity index (χ0v) is 13.9. The average Bonchev–Trinajstić information content (AvgIpc) is 2.57. The Kier molecular flexibility index (Phi) is 5.92. The van der Waals surface area contributed by atoms with Crippen LogP contribution in [0.25, 0.3) is 0 Å². The molecule has 1 aromatic rings. The van der Waals surface area contributed by atoms with Gasteiger partial charge in [-0.2, -0.15) is 0 Å². The van der Waals surface area contributed by atoms with Crippen molar-refractivity contribution < 1.29 is 9.53 Å². The van der Waals surface area contributed by atoms with Gasteiger partial charge in [0, 0.05) is 50.6 Å². The van der Waals surface area contributed by atoms with Crippen molar-refractivity contribution in [3.05, 3.63) is 24.3 Å². The first kappa shape index (κ1) is 16.5. The third-order valence-electron chi connectivity index (χ3n) is 4.15. The molecular formula is C17H27N3O2. The summed E-state index contributed by atoms with van der Waals surface area (Å²) in [5, 5.41) is 0. The monoisotopic (exact) mass is 305 g/mol. The fourth-order valence-electron chi connectivity index (χ4n) is 2.83. The highest BCUT2D eigenvalue weighted by Crippen LogP contribution is 2.22. The highest BCUT2D eigenvalue weighted by atomic mass is 16.6. The molecule has 122 valence electrons. The van der Waals surface area contributed by atoms with Crippen LogP contribution < -0.4 is 9.80 Å². The Bertz CT molecular complexity index is 463. The number of piperazine rings is 1. The fraction of sp³-hybridized carbons (Fsp3) is 0.588. The molecular weight excluding hydrogens is 278 g/mol. The third-order valence-corrected chi connectivity index (χ3v) is 4.15. The highest BCUT2D eigenvalue weighted by molar-refractivity contribution is 5.68. The summed E-state index contributed by atoms with van der Waals surface area (Å²) in [7, 11) is 0. The lowest BCUT2D eigenvalue weighted by Crippen LogP contribution is -2.49. The second-order valence-corrected chi connectivity index (χ2v) is 5.36. The van der Waals surface area contributed by atoms with Gasteiger partial charge in [-0.05, 0) is 45.0 Å². The number of benzene rings is 1. The highest BCUT2D eigenvalue weighted by Gasteiger charge is 2.22. The summed E-state index contributed by atoms with van der Waals surface area (Å²) in [5.74, 6) is 0. The lowest BCUT2D eigenvalue weighted by Gasteiger charge is -2.35. The van der Waals surface area contributed by atoms with Crippen LogP contribution in [0.3, 0.4) is 0 Å². The molecule has 5 heteroatoms. The molecule has 0 N–H and O–H groups in total. The predicted molar refractivity (Wildman–Crippen MR) is 90.8 cm³/mol. The number of hydrogen-bond donors (Lipinski definition) is 0. The van der Waals surface area contributed by atoms with Gasteiger partial charge in [0.1, 0.15) is 0 Å². The van der Waals surface area contributed by atoms with E-state index < -0.39 is 0 Å². The molecule has 1 aromatic carbocycles. The van der Waals surface area contributed by atoms with Gasteiger partial charge in [-0.25, -0.2) is 4.79 Å². The van der Waals surface area contributed by atoms with Crippen LogP contribution in [0.2, 0.25) is 0 Å². The van der Waals surface area contributed by atoms with Crippen LogP contribution >= 0.6 is 0 Å². The SMILES string of the molecule is CCOC(=O)N1CCN(c2ccc(N(CC)CC)cc2)CC1. The normalized spacial score (nSPS) is 14.9. The fourth-order valence-corrected chi connectivity index (χ4v) is 2.83. The second kappa shape index (κ2) is 7.92. The zero-order chi connectivity index (χ0) is 15.9. The van der Waals surface area contributed by atoms with Crippen LogP contribution in [0.4, 0.5) is 16.2 Å². The molecule has 22 heavy (non-hydrogen) atoms. The third kappa shape index (κ3) is 3.84. The molecule has 1 aliphatic rings. The molecule has 0 spiro atoms. The minimum atomic E-state index is -0.195. The maximum absolute atomic E-state index is 11.7. The lowest BCUT2D eigenvalue weighted by atomic mass is 10.2. The number of hydrogen-bond acceptors (Lipinski definition) is 4. The Hall–Kier alpha value is -1.91. The van der Waals surface area contributed by atoms with Crippen molar-refractivity contribution in [1.29, 1.82) is 0 Å². The van der Waals surface area contributed by atoms with E-state index >= 15 is 0 Å². The first-order chi connectivity index (χ1) is 10.7. The summed E-state index contributed by atoms with van der Waals surface area (Å²) < 4.78 is 5.05. The summed E-state index contributed by atoms with van der Waals surface area (Å²) in [5.41, 5.74) is 2.48. The van der Waals surface area contributed by atoms with E-state index in [9.17, 15) is 4.79 Å². The molecule has 1 amide bonds. The summed E-state index contributed by atoms with van der Waals surface area (Å²) in [6.07, 6.45) is -0.195. The number of rotatable bonds is 5. The van der Waals surface area contributed by atoms with Crippen LogP contribution in [0.1, 0.15) is 20.8 Å². The van der Waals surface area contributed by atoms with Crippen molar-refractivity contribution in [2.24, 2.45) is 0 Å². The quantitative estimate of drug-likeness (QED) is 0.838. The number of carbonyl (C=O) groups excluding carboxylic acids is 1. The van der Waals surface area contributed by atoms with Crippen LogP contribution in [0.15, 0.2) is 24.3 Å². The van der Waals surface area contributed by atoms with Gasteiger partial charge in [-0.1, -0.05) is 0 Å². The van der Waals surface area contributed by atoms with Gasteiger partial charge in [-0.3, -0.25) is 0 Å². The Labute approximate surface area is 133 Å². The van der Waals surface area contributed by atoms with Gasteiger partial charge in [0.25, 0.3) is 0 Å². The van der Waals surface area contributed by atoms with E-state index in [1.54, 1.807) is 4.90 Å². The minimum Gasteiger partial charge on any atom is -0.450 e. The Morgan fingerprint density at radius 3 is 2.14 bits per heavy atom. The number of ether oxygens (including phenoxy) is 1. The summed E-state index contributed by atoms with van der Waals surface area (Å²) in [4.78, 5) is 18.1. The van der Waals surface area contributed by atoms with Gasteiger partial charge in [0.2, 0.25) is 0 Å². The molecule has 0 radical (unpaired) electrons. The minimum absolute atomic E-state index is 0.195. The van der Waals surface area contributed by atoms with E-state index in [0.29, 0.717) is 6.61 Å². The number of amides is 1. The Morgan fingerprint density at radius 1 is 1.05 bits per heavy atom. The molecule has 0 aliphatic carbocycles. The number of nitrogens with zero attached hydrogens (tertiary/aromatic N) is 3. The molecule has 1 fully saturated rings. The second-order valence-electron chi connectivity index (χ2n) is 5.36. The molecule has 0 saturated carbocycles. The van der Waals surface area contributed by atoms with E-state index in [0.717, 1.165) is 39.3 Å². The largest absolute Gasteiger partial charge is 0.450 e. The topological polar surface area (TPSA) is 36.0 Å². The van der Waals surface area contributed by atoms with Gasteiger partial charge >= 0.3 is 6.09 Å². The molecule has 1 heterocycles. The lowest BCUT2D eigenvalue weighted by molar-refractivity contribution is 0.105. The van der Waals surface area contributed by atoms with Gasteiger partial charge in [-0.15, -0.1) is 0 Å². The van der Waals surface area contributed by atoms with Crippen molar-refractivity contribution in [3.63, 3.8) is 0 Å². The van der Waals surface area contributed by atoms with Crippen LogP contribution in [0.5, 0.6) is 0 Å². The van der Waals surface area contributed by atoms with E-state index in [1.807, 2.05) is 6.92 Å². The number of anilines is 2. The van der Waals surface area contributed by atoms with E-state index in [2.05, 4.69) is 47.9 Å². The molecule has 1 aliphatic heterocycles. The number of carbonyl (C=O) groups is 1. The molecule has 0 aromatic heterocycles. The van der Waals surface area contributed by atoms with Gasteiger partial charge in [0.05, 0.1) is 6.61 Å². The van der Waals surface area contributed by atoms with Crippen molar-refractivity contribution in [2.45, 2.75) is 20.8 Å². The van der Waals surface area contributed by atoms with Gasteiger partial charge in [0.15, 0.2) is 0 Å². The van der Waals surface area contributed by atoms with Crippen LogP contribution in [-0.2, 0) is 4.74 Å². The standard InChI is InChI=1S/C17H27N3O2/c1-4-18(5-2)15-7-9-16(10-8-15)19-11-13-20(14-12-19)17(21)22-6-3/h7-10H,4-6,11-14H2,1-3H3. The molecule has 0 unspecified atom stereocenters. The van der Waals surface area contributed by atoms with E-state index in [4.69, 9.17) is 4.74 Å². The molecule has 0 bridgehead atoms. The predicted octanol–water partition coefficient (Wildman–Crippen LogP) is 2.81. The zero-order valence-electron chi connectivity index (χ0n) is 13.9. The molecule has 1 saturated heterocycles. The van der Waals surface area contributed by atoms with E-state index in [1.165, 1.54) is 11.4 Å². The maximum atomic E-state index is 11.7. The Morgan fingerprint density at radius 2 is 1.64 bits per heavy atom. The molecule has 0 atom stereocenters. The Balaban J connectivity index is 1.93. The van der Waals surface area contributed by atoms with Crippen molar-refractivity contribution in [3.8, 4) is 0 Å². The van der Waals surface area contributed by atoms with Crippen LogP contribution in [-0.4, -0.2) is 56.9 Å². The first-order valence-electron chi connectivity index (χ1n) is 8.21. The van der Waals surface area contributed by atoms with Crippen LogP contribution in [0, 0.1) is 0 Å². The van der Waals surface area contributed by atoms with Crippen molar-refractivity contribution in [2.75, 3.05) is 55.7 Å². The molecule has 5 nitrogen and oxygen atoms in total. The summed E-state index contributed by atoms with van der Waals surface area (Å²) in [6, 6.07) is 8.71. The summed E-state index contributed by atoms with van der Waals surface area (Å²) >= 11 is 0. The van der Waals surface area contributed by atoms with E-state index in [-0.39, 0.29) is 6.09 Å². The smallest absolute Gasteiger partial charge is 0.409 e. The molecule has 2 rings (SSSR count). The summed E-state index contributed by atoms with van der Waals surface area (Å²) in [6.45, 7) is 11.8.